The molecule has 0 radical (unpaired) electrons. The Labute approximate surface area is 113 Å². The zero-order valence-electron chi connectivity index (χ0n) is 11.3. The number of nitrogen functional groups attached to an aromatic ring is 1. The maximum Gasteiger partial charge on any atom is 0.143 e. The van der Waals surface area contributed by atoms with E-state index in [0.717, 1.165) is 18.8 Å². The lowest BCUT2D eigenvalue weighted by atomic mass is 10.0. The molecule has 0 amide bonds. The smallest absolute Gasteiger partial charge is 0.143 e. The number of ether oxygens (including phenoxy) is 1. The summed E-state index contributed by atoms with van der Waals surface area (Å²) < 4.78 is 5.33. The second kappa shape index (κ2) is 4.76. The predicted molar refractivity (Wildman–Crippen MR) is 75.8 cm³/mol. The molecular formula is C15H20N2O2. The Morgan fingerprint density at radius 3 is 2.53 bits per heavy atom. The van der Waals surface area contributed by atoms with Crippen LogP contribution in [0, 0.1) is 0 Å². The Hall–Kier alpha value is -1.71. The summed E-state index contributed by atoms with van der Waals surface area (Å²) in [6, 6.07) is 4.10. The minimum absolute atomic E-state index is 0.367. The number of benzene rings is 1. The van der Waals surface area contributed by atoms with Crippen molar-refractivity contribution in [3.8, 4) is 5.75 Å². The van der Waals surface area contributed by atoms with Crippen LogP contribution in [0.2, 0.25) is 0 Å². The third-order valence-electron chi connectivity index (χ3n) is 4.06. The summed E-state index contributed by atoms with van der Waals surface area (Å²) in [7, 11) is 1.64. The molecule has 19 heavy (non-hydrogen) atoms. The molecule has 2 N–H and O–H groups in total. The van der Waals surface area contributed by atoms with E-state index in [-0.39, 0.29) is 0 Å². The van der Waals surface area contributed by atoms with Crippen molar-refractivity contribution in [2.75, 3.05) is 30.8 Å². The summed E-state index contributed by atoms with van der Waals surface area (Å²) in [5.74, 6) is 1.74. The quantitative estimate of drug-likeness (QED) is 0.847. The van der Waals surface area contributed by atoms with Crippen LogP contribution in [0.5, 0.6) is 5.75 Å². The zero-order chi connectivity index (χ0) is 13.4. The lowest BCUT2D eigenvalue weighted by molar-refractivity contribution is -0.119. The molecular weight excluding hydrogens is 240 g/mol. The first kappa shape index (κ1) is 12.3. The van der Waals surface area contributed by atoms with Crippen molar-refractivity contribution in [2.45, 2.75) is 31.6 Å². The predicted octanol–water partition coefficient (Wildman–Crippen LogP) is 2.32. The monoisotopic (exact) mass is 260 g/mol. The molecule has 0 atom stereocenters. The number of methoxy groups -OCH3 is 1. The van der Waals surface area contributed by atoms with Crippen molar-refractivity contribution in [3.63, 3.8) is 0 Å². The van der Waals surface area contributed by atoms with Gasteiger partial charge in [0.25, 0.3) is 0 Å². The van der Waals surface area contributed by atoms with Crippen LogP contribution < -0.4 is 15.4 Å². The van der Waals surface area contributed by atoms with Crippen molar-refractivity contribution < 1.29 is 9.53 Å². The van der Waals surface area contributed by atoms with Crippen LogP contribution in [0.15, 0.2) is 12.1 Å². The molecule has 1 heterocycles. The summed E-state index contributed by atoms with van der Waals surface area (Å²) >= 11 is 0. The van der Waals surface area contributed by atoms with E-state index < -0.39 is 0 Å². The lowest BCUT2D eigenvalue weighted by Gasteiger charge is -2.30. The van der Waals surface area contributed by atoms with Gasteiger partial charge in [-0.15, -0.1) is 0 Å². The number of anilines is 2. The molecule has 0 bridgehead atoms. The molecule has 0 unspecified atom stereocenters. The van der Waals surface area contributed by atoms with Gasteiger partial charge in [-0.25, -0.2) is 0 Å². The van der Waals surface area contributed by atoms with Gasteiger partial charge in [0.05, 0.1) is 12.8 Å². The average Bonchev–Trinajstić information content (AvgIpc) is 3.24. The van der Waals surface area contributed by atoms with Crippen LogP contribution in [0.25, 0.3) is 0 Å². The van der Waals surface area contributed by atoms with Crippen LogP contribution in [-0.2, 0) is 4.79 Å². The number of nitrogens with zero attached hydrogens (tertiary/aromatic N) is 1. The van der Waals surface area contributed by atoms with Crippen molar-refractivity contribution in [1.82, 2.24) is 0 Å². The molecule has 3 rings (SSSR count). The van der Waals surface area contributed by atoms with Gasteiger partial charge in [-0.1, -0.05) is 0 Å². The zero-order valence-corrected chi connectivity index (χ0v) is 11.3. The Morgan fingerprint density at radius 2 is 1.95 bits per heavy atom. The molecule has 0 aromatic heterocycles. The number of rotatable bonds is 3. The normalized spacial score (nSPS) is 19.6. The molecule has 1 aliphatic heterocycles. The number of carbonyl (C=O) groups is 1. The Bertz CT molecular complexity index is 499. The maximum absolute atomic E-state index is 11.4. The van der Waals surface area contributed by atoms with E-state index in [1.165, 1.54) is 24.1 Å². The fourth-order valence-corrected chi connectivity index (χ4v) is 2.77. The minimum atomic E-state index is 0.367. The highest BCUT2D eigenvalue weighted by Crippen LogP contribution is 2.47. The summed E-state index contributed by atoms with van der Waals surface area (Å²) in [5.41, 5.74) is 9.27. The van der Waals surface area contributed by atoms with Crippen molar-refractivity contribution in [1.29, 1.82) is 0 Å². The Kier molecular flexibility index (Phi) is 3.09. The van der Waals surface area contributed by atoms with Gasteiger partial charge in [0.15, 0.2) is 0 Å². The minimum Gasteiger partial charge on any atom is -0.495 e. The summed E-state index contributed by atoms with van der Waals surface area (Å²) in [4.78, 5) is 13.7. The number of hydrogen-bond acceptors (Lipinski definition) is 4. The van der Waals surface area contributed by atoms with Crippen LogP contribution in [-0.4, -0.2) is 26.0 Å². The van der Waals surface area contributed by atoms with Crippen molar-refractivity contribution in [3.05, 3.63) is 17.7 Å². The lowest BCUT2D eigenvalue weighted by Crippen LogP contribution is -2.34. The molecule has 0 spiro atoms. The number of carbonyl (C=O) groups excluding carboxylic acids is 1. The Morgan fingerprint density at radius 1 is 1.26 bits per heavy atom. The fraction of sp³-hybridized carbons (Fsp3) is 0.533. The van der Waals surface area contributed by atoms with Gasteiger partial charge in [0.1, 0.15) is 11.5 Å². The number of piperidine rings is 1. The van der Waals surface area contributed by atoms with Crippen LogP contribution >= 0.6 is 0 Å². The topological polar surface area (TPSA) is 55.6 Å². The molecule has 102 valence electrons. The van der Waals surface area contributed by atoms with Crippen LogP contribution in [0.3, 0.4) is 0 Å². The van der Waals surface area contributed by atoms with Crippen molar-refractivity contribution in [2.24, 2.45) is 0 Å². The maximum atomic E-state index is 11.4. The van der Waals surface area contributed by atoms with E-state index in [0.29, 0.717) is 30.2 Å². The summed E-state index contributed by atoms with van der Waals surface area (Å²) in [5, 5.41) is 0. The second-order valence-corrected chi connectivity index (χ2v) is 5.45. The van der Waals surface area contributed by atoms with E-state index in [1.54, 1.807) is 7.11 Å². The Balaban J connectivity index is 1.95. The molecule has 1 saturated heterocycles. The fourth-order valence-electron chi connectivity index (χ4n) is 2.77. The molecule has 1 saturated carbocycles. The molecule has 2 aliphatic rings. The standard InChI is InChI=1S/C15H20N2O2/c1-19-15-9-14(17-6-4-11(18)5-7-17)12(8-13(15)16)10-2-3-10/h8-10H,2-7,16H2,1H3. The molecule has 2 fully saturated rings. The third-order valence-corrected chi connectivity index (χ3v) is 4.06. The molecule has 1 aliphatic carbocycles. The van der Waals surface area contributed by atoms with Gasteiger partial charge in [-0.2, -0.15) is 0 Å². The number of Topliss-reactive ketones (excluding diaryl/α,β-unsaturated/α-hetero) is 1. The van der Waals surface area contributed by atoms with Crippen LogP contribution in [0.1, 0.15) is 37.2 Å². The third kappa shape index (κ3) is 2.39. The first-order chi connectivity index (χ1) is 9.19. The van der Waals surface area contributed by atoms with Gasteiger partial charge in [0, 0.05) is 37.7 Å². The number of hydrogen-bond donors (Lipinski definition) is 1. The molecule has 1 aromatic rings. The molecule has 1 aromatic carbocycles. The van der Waals surface area contributed by atoms with Crippen molar-refractivity contribution >= 4 is 17.2 Å². The van der Waals surface area contributed by atoms with E-state index in [9.17, 15) is 4.79 Å². The van der Waals surface area contributed by atoms with Gasteiger partial charge in [-0.3, -0.25) is 4.79 Å². The second-order valence-electron chi connectivity index (χ2n) is 5.45. The summed E-state index contributed by atoms with van der Waals surface area (Å²) in [6.45, 7) is 1.62. The molecule has 4 nitrogen and oxygen atoms in total. The van der Waals surface area contributed by atoms with Crippen LogP contribution in [0.4, 0.5) is 11.4 Å². The number of nitrogens with two attached hydrogens (primary N) is 1. The van der Waals surface area contributed by atoms with E-state index in [1.807, 2.05) is 6.07 Å². The van der Waals surface area contributed by atoms with E-state index >= 15 is 0 Å². The first-order valence-electron chi connectivity index (χ1n) is 6.93. The van der Waals surface area contributed by atoms with Gasteiger partial charge in [-0.05, 0) is 30.4 Å². The summed E-state index contributed by atoms with van der Waals surface area (Å²) in [6.07, 6.45) is 3.78. The van der Waals surface area contributed by atoms with Gasteiger partial charge >= 0.3 is 0 Å². The van der Waals surface area contributed by atoms with E-state index in [2.05, 4.69) is 11.0 Å². The molecule has 4 heteroatoms. The SMILES string of the molecule is COc1cc(N2CCC(=O)CC2)c(C2CC2)cc1N. The van der Waals surface area contributed by atoms with E-state index in [4.69, 9.17) is 10.5 Å². The highest BCUT2D eigenvalue weighted by molar-refractivity contribution is 5.81. The van der Waals surface area contributed by atoms with Gasteiger partial charge in [0.2, 0.25) is 0 Å². The number of ketones is 1. The first-order valence-corrected chi connectivity index (χ1v) is 6.93. The largest absolute Gasteiger partial charge is 0.495 e. The average molecular weight is 260 g/mol. The highest BCUT2D eigenvalue weighted by Gasteiger charge is 2.30. The highest BCUT2D eigenvalue weighted by atomic mass is 16.5. The van der Waals surface area contributed by atoms with Gasteiger partial charge < -0.3 is 15.4 Å².